The lowest BCUT2D eigenvalue weighted by Crippen LogP contribution is -2.24. The Morgan fingerprint density at radius 3 is 2.56 bits per heavy atom. The second-order valence-electron chi connectivity index (χ2n) is 4.95. The Morgan fingerprint density at radius 1 is 1.31 bits per heavy atom. The predicted molar refractivity (Wildman–Crippen MR) is 72.0 cm³/mol. The van der Waals surface area contributed by atoms with E-state index < -0.39 is 0 Å². The van der Waals surface area contributed by atoms with Crippen molar-refractivity contribution in [2.75, 3.05) is 25.0 Å². The monoisotopic (exact) mass is 220 g/mol. The van der Waals surface area contributed by atoms with Crippen LogP contribution < -0.4 is 10.6 Å². The maximum Gasteiger partial charge on any atom is 0.0396 e. The number of nitrogens with two attached hydrogens (primary N) is 1. The van der Waals surface area contributed by atoms with Crippen LogP contribution in [0.1, 0.15) is 25.0 Å². The van der Waals surface area contributed by atoms with Crippen LogP contribution in [-0.4, -0.2) is 20.1 Å². The van der Waals surface area contributed by atoms with Gasteiger partial charge in [-0.1, -0.05) is 31.5 Å². The van der Waals surface area contributed by atoms with Crippen LogP contribution in [0.15, 0.2) is 18.2 Å². The molecule has 2 nitrogen and oxygen atoms in total. The molecule has 0 radical (unpaired) electrons. The van der Waals surface area contributed by atoms with E-state index in [0.29, 0.717) is 12.5 Å². The van der Waals surface area contributed by atoms with E-state index in [1.807, 2.05) is 0 Å². The van der Waals surface area contributed by atoms with E-state index in [-0.39, 0.29) is 0 Å². The molecule has 0 fully saturated rings. The highest BCUT2D eigenvalue weighted by Crippen LogP contribution is 2.22. The van der Waals surface area contributed by atoms with E-state index in [2.05, 4.69) is 50.9 Å². The fraction of sp³-hybridized carbons (Fsp3) is 0.571. The standard InChI is InChI=1S/C14H24N2/c1-11(2)10-16(4)14-6-5-12(3)9-13(14)7-8-15/h5-6,9,11H,7-8,10,15H2,1-4H3. The van der Waals surface area contributed by atoms with Crippen LogP contribution in [0.2, 0.25) is 0 Å². The first-order valence-corrected chi connectivity index (χ1v) is 6.05. The first kappa shape index (κ1) is 13.0. The number of hydrogen-bond donors (Lipinski definition) is 1. The molecule has 16 heavy (non-hydrogen) atoms. The van der Waals surface area contributed by atoms with Crippen molar-refractivity contribution in [3.63, 3.8) is 0 Å². The third-order valence-electron chi connectivity index (χ3n) is 2.70. The van der Waals surface area contributed by atoms with Crippen molar-refractivity contribution in [2.45, 2.75) is 27.2 Å². The van der Waals surface area contributed by atoms with Gasteiger partial charge in [0.15, 0.2) is 0 Å². The van der Waals surface area contributed by atoms with Crippen LogP contribution in [0.3, 0.4) is 0 Å². The van der Waals surface area contributed by atoms with Gasteiger partial charge in [0, 0.05) is 19.3 Å². The van der Waals surface area contributed by atoms with E-state index >= 15 is 0 Å². The SMILES string of the molecule is Cc1ccc(N(C)CC(C)C)c(CCN)c1. The Labute approximate surface area is 99.5 Å². The van der Waals surface area contributed by atoms with Crippen molar-refractivity contribution in [3.8, 4) is 0 Å². The van der Waals surface area contributed by atoms with E-state index in [1.54, 1.807) is 0 Å². The van der Waals surface area contributed by atoms with Gasteiger partial charge in [0.2, 0.25) is 0 Å². The van der Waals surface area contributed by atoms with Crippen LogP contribution in [0.25, 0.3) is 0 Å². The van der Waals surface area contributed by atoms with Crippen LogP contribution in [0.4, 0.5) is 5.69 Å². The largest absolute Gasteiger partial charge is 0.374 e. The lowest BCUT2D eigenvalue weighted by Gasteiger charge is -2.24. The average Bonchev–Trinajstić information content (AvgIpc) is 2.17. The van der Waals surface area contributed by atoms with Gasteiger partial charge in [-0.25, -0.2) is 0 Å². The zero-order chi connectivity index (χ0) is 12.1. The fourth-order valence-corrected chi connectivity index (χ4v) is 2.09. The molecular formula is C14H24N2. The molecule has 0 amide bonds. The molecule has 1 aromatic carbocycles. The molecule has 0 unspecified atom stereocenters. The predicted octanol–water partition coefficient (Wildman–Crippen LogP) is 2.59. The zero-order valence-corrected chi connectivity index (χ0v) is 11.0. The number of benzene rings is 1. The van der Waals surface area contributed by atoms with Gasteiger partial charge in [0.1, 0.15) is 0 Å². The molecule has 0 aliphatic heterocycles. The Hall–Kier alpha value is -1.02. The van der Waals surface area contributed by atoms with E-state index in [1.165, 1.54) is 16.8 Å². The summed E-state index contributed by atoms with van der Waals surface area (Å²) in [5.74, 6) is 0.678. The van der Waals surface area contributed by atoms with Gasteiger partial charge in [0.25, 0.3) is 0 Å². The van der Waals surface area contributed by atoms with E-state index in [4.69, 9.17) is 5.73 Å². The van der Waals surface area contributed by atoms with Crippen LogP contribution in [0, 0.1) is 12.8 Å². The average molecular weight is 220 g/mol. The molecule has 0 saturated heterocycles. The topological polar surface area (TPSA) is 29.3 Å². The van der Waals surface area contributed by atoms with Gasteiger partial charge >= 0.3 is 0 Å². The summed E-state index contributed by atoms with van der Waals surface area (Å²) in [6.07, 6.45) is 0.958. The number of aryl methyl sites for hydroxylation is 1. The molecule has 0 spiro atoms. The first-order chi connectivity index (χ1) is 7.54. The normalized spacial score (nSPS) is 10.9. The van der Waals surface area contributed by atoms with Gasteiger partial charge in [-0.2, -0.15) is 0 Å². The van der Waals surface area contributed by atoms with Crippen LogP contribution in [0.5, 0.6) is 0 Å². The van der Waals surface area contributed by atoms with Crippen molar-refractivity contribution < 1.29 is 0 Å². The minimum absolute atomic E-state index is 0.678. The minimum atomic E-state index is 0.678. The maximum absolute atomic E-state index is 5.66. The molecular weight excluding hydrogens is 196 g/mol. The summed E-state index contributed by atoms with van der Waals surface area (Å²) in [5, 5.41) is 0. The molecule has 0 bridgehead atoms. The summed E-state index contributed by atoms with van der Waals surface area (Å²) in [5.41, 5.74) is 9.66. The van der Waals surface area contributed by atoms with E-state index in [9.17, 15) is 0 Å². The van der Waals surface area contributed by atoms with Crippen molar-refractivity contribution in [3.05, 3.63) is 29.3 Å². The summed E-state index contributed by atoms with van der Waals surface area (Å²) in [4.78, 5) is 2.33. The van der Waals surface area contributed by atoms with Crippen LogP contribution >= 0.6 is 0 Å². The number of rotatable bonds is 5. The highest BCUT2D eigenvalue weighted by Gasteiger charge is 2.08. The Balaban J connectivity index is 2.92. The number of anilines is 1. The van der Waals surface area contributed by atoms with Crippen molar-refractivity contribution in [2.24, 2.45) is 11.7 Å². The third kappa shape index (κ3) is 3.53. The molecule has 2 heteroatoms. The first-order valence-electron chi connectivity index (χ1n) is 6.05. The lowest BCUT2D eigenvalue weighted by molar-refractivity contribution is 0.637. The number of nitrogens with zero attached hydrogens (tertiary/aromatic N) is 1. The smallest absolute Gasteiger partial charge is 0.0396 e. The molecule has 0 aliphatic carbocycles. The Morgan fingerprint density at radius 2 is 2.00 bits per heavy atom. The van der Waals surface area contributed by atoms with Crippen molar-refractivity contribution >= 4 is 5.69 Å². The molecule has 0 saturated carbocycles. The van der Waals surface area contributed by atoms with E-state index in [0.717, 1.165) is 13.0 Å². The van der Waals surface area contributed by atoms with Gasteiger partial charge in [-0.3, -0.25) is 0 Å². The Bertz CT molecular complexity index is 332. The second-order valence-corrected chi connectivity index (χ2v) is 4.95. The Kier molecular flexibility index (Phi) is 4.81. The molecule has 1 aromatic rings. The molecule has 0 heterocycles. The summed E-state index contributed by atoms with van der Waals surface area (Å²) in [6, 6.07) is 6.63. The summed E-state index contributed by atoms with van der Waals surface area (Å²) < 4.78 is 0. The lowest BCUT2D eigenvalue weighted by atomic mass is 10.0. The highest BCUT2D eigenvalue weighted by atomic mass is 15.1. The van der Waals surface area contributed by atoms with Crippen molar-refractivity contribution in [1.82, 2.24) is 0 Å². The van der Waals surface area contributed by atoms with Gasteiger partial charge in [-0.05, 0) is 37.4 Å². The van der Waals surface area contributed by atoms with Crippen LogP contribution in [-0.2, 0) is 6.42 Å². The second kappa shape index (κ2) is 5.90. The fourth-order valence-electron chi connectivity index (χ4n) is 2.09. The molecule has 90 valence electrons. The quantitative estimate of drug-likeness (QED) is 0.826. The summed E-state index contributed by atoms with van der Waals surface area (Å²) in [7, 11) is 2.16. The number of hydrogen-bond acceptors (Lipinski definition) is 2. The van der Waals surface area contributed by atoms with Crippen molar-refractivity contribution in [1.29, 1.82) is 0 Å². The summed E-state index contributed by atoms with van der Waals surface area (Å²) in [6.45, 7) is 8.42. The highest BCUT2D eigenvalue weighted by molar-refractivity contribution is 5.54. The maximum atomic E-state index is 5.66. The van der Waals surface area contributed by atoms with Gasteiger partial charge in [-0.15, -0.1) is 0 Å². The molecule has 0 atom stereocenters. The van der Waals surface area contributed by atoms with Gasteiger partial charge < -0.3 is 10.6 Å². The summed E-state index contributed by atoms with van der Waals surface area (Å²) >= 11 is 0. The van der Waals surface area contributed by atoms with Gasteiger partial charge in [0.05, 0.1) is 0 Å². The molecule has 1 rings (SSSR count). The molecule has 2 N–H and O–H groups in total. The molecule has 0 aromatic heterocycles. The zero-order valence-electron chi connectivity index (χ0n) is 11.0. The third-order valence-corrected chi connectivity index (χ3v) is 2.70. The minimum Gasteiger partial charge on any atom is -0.374 e. The molecule has 0 aliphatic rings.